The molecule has 16 aromatic rings. The molecule has 12 nitrogen and oxygen atoms in total. The van der Waals surface area contributed by atoms with Crippen LogP contribution < -0.4 is 0 Å². The lowest BCUT2D eigenvalue weighted by atomic mass is 9.92. The molecule has 0 aliphatic heterocycles. The Balaban J connectivity index is 0.000000134. The third kappa shape index (κ3) is 18.4. The highest BCUT2D eigenvalue weighted by molar-refractivity contribution is 6.00. The van der Waals surface area contributed by atoms with Crippen molar-refractivity contribution in [1.29, 1.82) is 0 Å². The summed E-state index contributed by atoms with van der Waals surface area (Å²) in [7, 11) is 0. The summed E-state index contributed by atoms with van der Waals surface area (Å²) in [4.78, 5) is 55.7. The van der Waals surface area contributed by atoms with Gasteiger partial charge in [0.15, 0.2) is 0 Å². The minimum absolute atomic E-state index is 0.735. The van der Waals surface area contributed by atoms with Crippen LogP contribution in [0.15, 0.2) is 218 Å². The van der Waals surface area contributed by atoms with E-state index in [9.17, 15) is 0 Å². The first kappa shape index (κ1) is 85.6. The summed E-state index contributed by atoms with van der Waals surface area (Å²) < 4.78 is 0. The lowest BCUT2D eigenvalue weighted by Gasteiger charge is -2.13. The predicted molar refractivity (Wildman–Crippen MR) is 500 cm³/mol. The first-order valence-corrected chi connectivity index (χ1v) is 44.4. The Bertz CT molecular complexity index is 6190. The minimum Gasteiger partial charge on any atom is -0.218 e. The smallest absolute Gasteiger partial charge is 0.137 e. The zero-order chi connectivity index (χ0) is 84.3. The van der Waals surface area contributed by atoms with E-state index in [2.05, 4.69) is 314 Å². The second-order valence-corrected chi connectivity index (χ2v) is 29.7. The number of benzene rings is 12. The normalized spacial score (nSPS) is 11.6. The van der Waals surface area contributed by atoms with Gasteiger partial charge in [-0.2, -0.15) is 0 Å². The average Bonchev–Trinajstić information content (AvgIpc) is 1.38. The molecule has 0 saturated carbocycles. The standard InChI is InChI=1S/4C25H23N3.4C2H6/c1-3-22-26-23(4-2)28-24(27-22)15-18-13-16-9-5-7-11-19(16)21-14-17-10-6-8-12-20(17)25(18)21;1-3-23-26-24(4-2)28-25(27-23)15-17-14-21-18-10-6-5-9-16(18)13-22(21)20-12-8-7-11-19(17)20;1-3-23-26-24(4-2)28-25(27-23)15-17-9-7-11-20-19(17)12-13-21-18-10-6-5-8-16(18)14-22(20)21;1-3-23-26-24(4-2)28-25(27-23)14-16-9-11-20-18(13-16)10-12-21-19-8-6-5-7-17(19)15-22(20)21;4*1-2/h5-13H,3-4,14-15H2,1-2H3;5-12,14H,3-4,13,15H2,1-2H3;2*5-13H,3-4,14-15H2,1-2H3;4*1-2H3. The van der Waals surface area contributed by atoms with Crippen LogP contribution in [0, 0.1) is 0 Å². The number of rotatable bonds is 16. The first-order chi connectivity index (χ1) is 59.0. The van der Waals surface area contributed by atoms with Crippen LogP contribution in [0.4, 0.5) is 0 Å². The Morgan fingerprint density at radius 2 is 0.508 bits per heavy atom. The Kier molecular flexibility index (Phi) is 28.9. The quantitative estimate of drug-likeness (QED) is 0.0904. The van der Waals surface area contributed by atoms with Crippen LogP contribution >= 0.6 is 0 Å². The van der Waals surface area contributed by atoms with Gasteiger partial charge in [0, 0.05) is 77.0 Å². The third-order valence-electron chi connectivity index (χ3n) is 22.7. The van der Waals surface area contributed by atoms with Gasteiger partial charge < -0.3 is 0 Å². The first-order valence-electron chi connectivity index (χ1n) is 44.4. The summed E-state index contributed by atoms with van der Waals surface area (Å²) >= 11 is 0. The van der Waals surface area contributed by atoms with Crippen molar-refractivity contribution in [1.82, 2.24) is 59.8 Å². The molecule has 608 valence electrons. The maximum Gasteiger partial charge on any atom is 0.137 e. The zero-order valence-electron chi connectivity index (χ0n) is 73.5. The topological polar surface area (TPSA) is 155 Å². The van der Waals surface area contributed by atoms with Gasteiger partial charge in [0.1, 0.15) is 69.9 Å². The molecule has 0 fully saturated rings. The number of hydrogen-bond acceptors (Lipinski definition) is 12. The van der Waals surface area contributed by atoms with Crippen molar-refractivity contribution in [2.75, 3.05) is 0 Å². The highest BCUT2D eigenvalue weighted by atomic mass is 15.1. The fraction of sp³-hybridized carbons (Fsp3) is 0.296. The molecule has 12 heteroatoms. The minimum atomic E-state index is 0.735. The molecule has 0 saturated heterocycles. The van der Waals surface area contributed by atoms with E-state index in [1.807, 2.05) is 55.4 Å². The van der Waals surface area contributed by atoms with Gasteiger partial charge in [-0.15, -0.1) is 0 Å². The lowest BCUT2D eigenvalue weighted by Crippen LogP contribution is -2.08. The molecule has 4 aliphatic rings. The lowest BCUT2D eigenvalue weighted by molar-refractivity contribution is 0.779. The molecule has 20 rings (SSSR count). The van der Waals surface area contributed by atoms with Crippen LogP contribution in [0.3, 0.4) is 0 Å². The van der Waals surface area contributed by atoms with Gasteiger partial charge in [0.2, 0.25) is 0 Å². The molecule has 0 radical (unpaired) electrons. The molecule has 4 heterocycles. The average molecular weight is 1580 g/mol. The summed E-state index contributed by atoms with van der Waals surface area (Å²) in [6, 6.07) is 79.7. The second kappa shape index (κ2) is 40.4. The number of aromatic nitrogens is 12. The van der Waals surface area contributed by atoms with Crippen LogP contribution in [0.1, 0.15) is 247 Å². The summed E-state index contributed by atoms with van der Waals surface area (Å²) in [6.45, 7) is 32.8. The zero-order valence-corrected chi connectivity index (χ0v) is 73.5. The molecule has 12 aromatic carbocycles. The fourth-order valence-electron chi connectivity index (χ4n) is 17.2. The Hall–Kier alpha value is -12.3. The van der Waals surface area contributed by atoms with Crippen molar-refractivity contribution in [2.45, 2.75) is 214 Å². The SMILES string of the molecule is CC.CC.CC.CC.CCc1nc(CC)nc(Cc2cc3c(c4ccccc24)Cc2ccccc2-3)n1.CCc1nc(CC)nc(Cc2cc3ccccc3c3c2-c2ccccc2C3)n1.CCc1nc(CC)nc(Cc2ccc3c4c(ccc3c2)-c2ccccc2C4)n1.CCc1nc(CC)nc(Cc2cccc3c4c(ccc23)-c2ccccc2C4)n1. The fourth-order valence-corrected chi connectivity index (χ4v) is 17.2. The number of fused-ring (bicyclic) bond motifs is 20. The van der Waals surface area contributed by atoms with Crippen LogP contribution in [0.2, 0.25) is 0 Å². The largest absolute Gasteiger partial charge is 0.218 e. The van der Waals surface area contributed by atoms with Crippen molar-refractivity contribution in [3.05, 3.63) is 355 Å². The van der Waals surface area contributed by atoms with E-state index >= 15 is 0 Å². The monoisotopic (exact) mass is 1580 g/mol. The molecule has 120 heavy (non-hydrogen) atoms. The summed E-state index contributed by atoms with van der Waals surface area (Å²) in [5.41, 5.74) is 27.6. The molecular weight excluding hydrogens is 1470 g/mol. The van der Waals surface area contributed by atoms with Crippen molar-refractivity contribution >= 4 is 43.1 Å². The van der Waals surface area contributed by atoms with Crippen molar-refractivity contribution < 1.29 is 0 Å². The maximum absolute atomic E-state index is 4.73. The van der Waals surface area contributed by atoms with Gasteiger partial charge in [-0.25, -0.2) is 59.8 Å². The maximum atomic E-state index is 4.73. The third-order valence-corrected chi connectivity index (χ3v) is 22.7. The van der Waals surface area contributed by atoms with Gasteiger partial charge in [0.25, 0.3) is 0 Å². The van der Waals surface area contributed by atoms with E-state index in [1.54, 1.807) is 0 Å². The predicted octanol–water partition coefficient (Wildman–Crippen LogP) is 25.4. The van der Waals surface area contributed by atoms with E-state index in [0.29, 0.717) is 0 Å². The van der Waals surface area contributed by atoms with Gasteiger partial charge >= 0.3 is 0 Å². The van der Waals surface area contributed by atoms with Crippen LogP contribution in [-0.2, 0) is 103 Å². The van der Waals surface area contributed by atoms with Crippen molar-refractivity contribution in [3.63, 3.8) is 0 Å². The van der Waals surface area contributed by atoms with E-state index in [-0.39, 0.29) is 0 Å². The van der Waals surface area contributed by atoms with Gasteiger partial charge in [-0.3, -0.25) is 0 Å². The highest BCUT2D eigenvalue weighted by Crippen LogP contribution is 2.47. The second-order valence-electron chi connectivity index (χ2n) is 29.7. The molecule has 0 N–H and O–H groups in total. The number of aryl methyl sites for hydroxylation is 8. The molecule has 0 amide bonds. The van der Waals surface area contributed by atoms with E-state index in [4.69, 9.17) is 19.9 Å². The molecule has 4 aliphatic carbocycles. The van der Waals surface area contributed by atoms with E-state index in [1.165, 1.54) is 154 Å². The van der Waals surface area contributed by atoms with Gasteiger partial charge in [-0.05, 0) is 186 Å². The number of hydrogen-bond donors (Lipinski definition) is 0. The Morgan fingerprint density at radius 1 is 0.200 bits per heavy atom. The summed E-state index contributed by atoms with van der Waals surface area (Å²) in [5.74, 6) is 10.6. The van der Waals surface area contributed by atoms with Crippen LogP contribution in [0.5, 0.6) is 0 Å². The van der Waals surface area contributed by atoms with Crippen LogP contribution in [0.25, 0.3) is 87.6 Å². The molecule has 0 spiro atoms. The highest BCUT2D eigenvalue weighted by Gasteiger charge is 2.28. The van der Waals surface area contributed by atoms with Crippen molar-refractivity contribution in [2.24, 2.45) is 0 Å². The van der Waals surface area contributed by atoms with Gasteiger partial charge in [0.05, 0.1) is 0 Å². The Labute approximate surface area is 711 Å². The molecular formula is C108H116N12. The summed E-state index contributed by atoms with van der Waals surface area (Å²) in [6.07, 6.45) is 13.7. The van der Waals surface area contributed by atoms with Crippen molar-refractivity contribution in [3.8, 4) is 44.5 Å². The molecule has 0 unspecified atom stereocenters. The van der Waals surface area contributed by atoms with Crippen LogP contribution in [-0.4, -0.2) is 59.8 Å². The summed E-state index contributed by atoms with van der Waals surface area (Å²) in [5, 5.41) is 10.6. The van der Waals surface area contributed by atoms with E-state index in [0.717, 1.165) is 173 Å². The molecule has 0 bridgehead atoms. The Morgan fingerprint density at radius 3 is 0.983 bits per heavy atom. The number of nitrogens with zero attached hydrogens (tertiary/aromatic N) is 12. The molecule has 0 atom stereocenters. The molecule has 4 aromatic heterocycles. The van der Waals surface area contributed by atoms with Gasteiger partial charge in [-0.1, -0.05) is 323 Å². The van der Waals surface area contributed by atoms with E-state index < -0.39 is 0 Å².